The third kappa shape index (κ3) is 4.23. The van der Waals surface area contributed by atoms with Gasteiger partial charge < -0.3 is 16.4 Å². The van der Waals surface area contributed by atoms with Crippen LogP contribution < -0.4 is 11.5 Å². The molecule has 2 aromatic rings. The SMILES string of the molecule is Nc1ccc(-c2cccc(N)c2)cc1.O=PO. The monoisotopic (exact) mass is 248 g/mol. The van der Waals surface area contributed by atoms with Gasteiger partial charge in [0.05, 0.1) is 0 Å². The maximum Gasteiger partial charge on any atom is 0.324 e. The average Bonchev–Trinajstić information content (AvgIpc) is 2.31. The maximum atomic E-state index is 8.46. The van der Waals surface area contributed by atoms with Crippen molar-refractivity contribution in [1.29, 1.82) is 0 Å². The second-order valence-corrected chi connectivity index (χ2v) is 3.49. The smallest absolute Gasteiger partial charge is 0.324 e. The summed E-state index contributed by atoms with van der Waals surface area (Å²) in [5, 5.41) is 0. The van der Waals surface area contributed by atoms with E-state index in [9.17, 15) is 0 Å². The van der Waals surface area contributed by atoms with Gasteiger partial charge in [-0.3, -0.25) is 0 Å². The summed E-state index contributed by atoms with van der Waals surface area (Å²) in [6.07, 6.45) is 0. The van der Waals surface area contributed by atoms with E-state index in [4.69, 9.17) is 20.9 Å². The summed E-state index contributed by atoms with van der Waals surface area (Å²) in [4.78, 5) is 6.99. The van der Waals surface area contributed by atoms with Gasteiger partial charge in [-0.2, -0.15) is 0 Å². The maximum absolute atomic E-state index is 8.46. The van der Waals surface area contributed by atoms with Crippen molar-refractivity contribution in [2.45, 2.75) is 0 Å². The second kappa shape index (κ2) is 6.63. The molecule has 0 aromatic heterocycles. The lowest BCUT2D eigenvalue weighted by molar-refractivity contribution is 0.524. The lowest BCUT2D eigenvalue weighted by Gasteiger charge is -2.02. The Morgan fingerprint density at radius 1 is 0.882 bits per heavy atom. The van der Waals surface area contributed by atoms with Gasteiger partial charge in [0, 0.05) is 11.4 Å². The Kier molecular flexibility index (Phi) is 5.14. The molecule has 0 aliphatic heterocycles. The first-order chi connectivity index (χ1) is 8.17. The molecule has 0 aliphatic carbocycles. The van der Waals surface area contributed by atoms with E-state index in [2.05, 4.69) is 0 Å². The van der Waals surface area contributed by atoms with Crippen LogP contribution in [0.3, 0.4) is 0 Å². The summed E-state index contributed by atoms with van der Waals surface area (Å²) in [6, 6.07) is 15.6. The zero-order valence-electron chi connectivity index (χ0n) is 9.08. The predicted molar refractivity (Wildman–Crippen MR) is 70.5 cm³/mol. The number of hydrogen-bond acceptors (Lipinski definition) is 3. The molecule has 0 aliphatic rings. The van der Waals surface area contributed by atoms with Crippen molar-refractivity contribution >= 4 is 20.1 Å². The van der Waals surface area contributed by atoms with E-state index in [1.165, 1.54) is 0 Å². The highest BCUT2D eigenvalue weighted by Crippen LogP contribution is 2.22. The second-order valence-electron chi connectivity index (χ2n) is 3.33. The van der Waals surface area contributed by atoms with Crippen molar-refractivity contribution in [3.05, 3.63) is 48.5 Å². The van der Waals surface area contributed by atoms with Gasteiger partial charge in [0.25, 0.3) is 0 Å². The summed E-state index contributed by atoms with van der Waals surface area (Å²) in [6.45, 7) is 0. The van der Waals surface area contributed by atoms with Crippen molar-refractivity contribution in [2.75, 3.05) is 11.5 Å². The molecule has 0 atom stereocenters. The first-order valence-corrected chi connectivity index (χ1v) is 5.62. The number of hydrogen-bond donors (Lipinski definition) is 3. The molecular formula is C12H13N2O2P. The largest absolute Gasteiger partial charge is 0.399 e. The molecule has 0 heterocycles. The highest BCUT2D eigenvalue weighted by molar-refractivity contribution is 7.16. The van der Waals surface area contributed by atoms with Crippen molar-refractivity contribution in [3.8, 4) is 11.1 Å². The fourth-order valence-corrected chi connectivity index (χ4v) is 1.39. The van der Waals surface area contributed by atoms with Crippen LogP contribution in [-0.2, 0) is 4.57 Å². The Morgan fingerprint density at radius 2 is 1.47 bits per heavy atom. The van der Waals surface area contributed by atoms with Crippen molar-refractivity contribution in [2.24, 2.45) is 0 Å². The molecule has 0 radical (unpaired) electrons. The molecule has 2 rings (SSSR count). The zero-order chi connectivity index (χ0) is 12.7. The average molecular weight is 248 g/mol. The van der Waals surface area contributed by atoms with E-state index in [0.717, 1.165) is 22.5 Å². The fraction of sp³-hybridized carbons (Fsp3) is 0. The standard InChI is InChI=1S/C12H12N2.HO2P/c13-11-6-4-9(5-7-11)10-2-1-3-12(14)8-10;1-3-2/h1-8H,13-14H2;(H,1,2). The van der Waals surface area contributed by atoms with Crippen LogP contribution >= 0.6 is 8.69 Å². The molecule has 4 nitrogen and oxygen atoms in total. The molecule has 0 amide bonds. The Labute approximate surface area is 101 Å². The van der Waals surface area contributed by atoms with Gasteiger partial charge in [-0.15, -0.1) is 0 Å². The minimum atomic E-state index is -0.833. The topological polar surface area (TPSA) is 89.3 Å². The molecule has 5 heteroatoms. The van der Waals surface area contributed by atoms with E-state index in [0.29, 0.717) is 0 Å². The third-order valence-electron chi connectivity index (χ3n) is 2.13. The Morgan fingerprint density at radius 3 is 2.00 bits per heavy atom. The Hall–Kier alpha value is -1.90. The van der Waals surface area contributed by atoms with E-state index < -0.39 is 8.69 Å². The number of nitrogens with two attached hydrogens (primary N) is 2. The van der Waals surface area contributed by atoms with Crippen LogP contribution in [0.15, 0.2) is 48.5 Å². The van der Waals surface area contributed by atoms with E-state index >= 15 is 0 Å². The van der Waals surface area contributed by atoms with Crippen LogP contribution in [0, 0.1) is 0 Å². The lowest BCUT2D eigenvalue weighted by Crippen LogP contribution is -1.86. The summed E-state index contributed by atoms with van der Waals surface area (Å²) in [5.41, 5.74) is 15.1. The zero-order valence-corrected chi connectivity index (χ0v) is 9.97. The first-order valence-electron chi connectivity index (χ1n) is 4.85. The fourth-order valence-electron chi connectivity index (χ4n) is 1.39. The third-order valence-corrected chi connectivity index (χ3v) is 2.13. The summed E-state index contributed by atoms with van der Waals surface area (Å²) in [7, 11) is -0.833. The molecule has 0 bridgehead atoms. The molecule has 0 unspecified atom stereocenters. The van der Waals surface area contributed by atoms with Crippen molar-refractivity contribution in [1.82, 2.24) is 0 Å². The molecule has 2 aromatic carbocycles. The molecule has 17 heavy (non-hydrogen) atoms. The van der Waals surface area contributed by atoms with Gasteiger partial charge in [-0.25, -0.2) is 4.57 Å². The van der Waals surface area contributed by atoms with E-state index in [-0.39, 0.29) is 0 Å². The first kappa shape index (κ1) is 13.2. The molecule has 0 saturated carbocycles. The van der Waals surface area contributed by atoms with Crippen LogP contribution in [0.4, 0.5) is 11.4 Å². The van der Waals surface area contributed by atoms with E-state index in [1.807, 2.05) is 48.5 Å². The quantitative estimate of drug-likeness (QED) is 0.534. The minimum Gasteiger partial charge on any atom is -0.399 e. The number of benzene rings is 2. The predicted octanol–water partition coefficient (Wildman–Crippen LogP) is 2.70. The van der Waals surface area contributed by atoms with Gasteiger partial charge in [-0.05, 0) is 35.4 Å². The van der Waals surface area contributed by atoms with Crippen LogP contribution in [0.1, 0.15) is 0 Å². The van der Waals surface area contributed by atoms with Crippen LogP contribution in [-0.4, -0.2) is 4.89 Å². The van der Waals surface area contributed by atoms with Gasteiger partial charge in [-0.1, -0.05) is 24.3 Å². The number of nitrogen functional groups attached to an aromatic ring is 2. The Balaban J connectivity index is 0.000000437. The van der Waals surface area contributed by atoms with Gasteiger partial charge >= 0.3 is 8.69 Å². The van der Waals surface area contributed by atoms with Gasteiger partial charge in [0.15, 0.2) is 0 Å². The molecule has 88 valence electrons. The number of rotatable bonds is 1. The van der Waals surface area contributed by atoms with Crippen LogP contribution in [0.5, 0.6) is 0 Å². The molecule has 0 fully saturated rings. The van der Waals surface area contributed by atoms with Gasteiger partial charge in [0.2, 0.25) is 0 Å². The molecular weight excluding hydrogens is 235 g/mol. The van der Waals surface area contributed by atoms with Crippen LogP contribution in [0.25, 0.3) is 11.1 Å². The molecule has 5 N–H and O–H groups in total. The lowest BCUT2D eigenvalue weighted by atomic mass is 10.1. The highest BCUT2D eigenvalue weighted by atomic mass is 31.1. The summed E-state index contributed by atoms with van der Waals surface area (Å²) < 4.78 is 8.46. The van der Waals surface area contributed by atoms with Crippen molar-refractivity contribution in [3.63, 3.8) is 0 Å². The Bertz CT molecular complexity index is 486. The summed E-state index contributed by atoms with van der Waals surface area (Å²) in [5.74, 6) is 0. The van der Waals surface area contributed by atoms with E-state index in [1.54, 1.807) is 0 Å². The normalized spacial score (nSPS) is 9.47. The van der Waals surface area contributed by atoms with Gasteiger partial charge in [0.1, 0.15) is 0 Å². The summed E-state index contributed by atoms with van der Waals surface area (Å²) >= 11 is 0. The number of anilines is 2. The van der Waals surface area contributed by atoms with Crippen molar-refractivity contribution < 1.29 is 9.46 Å². The highest BCUT2D eigenvalue weighted by Gasteiger charge is 1.96. The molecule has 0 saturated heterocycles. The minimum absolute atomic E-state index is 0.776. The van der Waals surface area contributed by atoms with Crippen LogP contribution in [0.2, 0.25) is 0 Å². The molecule has 0 spiro atoms.